The van der Waals surface area contributed by atoms with Gasteiger partial charge >= 0.3 is 0 Å². The monoisotopic (exact) mass is 271 g/mol. The second kappa shape index (κ2) is 7.56. The largest absolute Gasteiger partial charge is 0.497 e. The van der Waals surface area contributed by atoms with Crippen LogP contribution in [-0.4, -0.2) is 13.7 Å². The average Bonchev–Trinajstić information content (AvgIpc) is 2.52. The van der Waals surface area contributed by atoms with E-state index in [2.05, 4.69) is 30.4 Å². The van der Waals surface area contributed by atoms with Crippen molar-refractivity contribution in [3.05, 3.63) is 59.7 Å². The molecule has 0 aliphatic carbocycles. The van der Waals surface area contributed by atoms with Gasteiger partial charge in [0.05, 0.1) is 7.11 Å². The molecule has 0 aliphatic rings. The molecular formula is C17H21NO2. The predicted molar refractivity (Wildman–Crippen MR) is 81.1 cm³/mol. The third-order valence-corrected chi connectivity index (χ3v) is 3.14. The average molecular weight is 271 g/mol. The third kappa shape index (κ3) is 4.00. The van der Waals surface area contributed by atoms with Gasteiger partial charge in [-0.2, -0.15) is 0 Å². The molecule has 3 nitrogen and oxygen atoms in total. The molecule has 0 aliphatic heterocycles. The van der Waals surface area contributed by atoms with Crippen LogP contribution in [0.25, 0.3) is 0 Å². The maximum absolute atomic E-state index is 5.83. The van der Waals surface area contributed by atoms with E-state index < -0.39 is 0 Å². The second-order valence-electron chi connectivity index (χ2n) is 4.51. The van der Waals surface area contributed by atoms with Crippen LogP contribution >= 0.6 is 0 Å². The van der Waals surface area contributed by atoms with E-state index >= 15 is 0 Å². The van der Waals surface area contributed by atoms with Gasteiger partial charge in [-0.25, -0.2) is 0 Å². The summed E-state index contributed by atoms with van der Waals surface area (Å²) in [6.07, 6.45) is 0. The summed E-state index contributed by atoms with van der Waals surface area (Å²) in [5.74, 6) is 1.69. The SMILES string of the molecule is CCNCc1ccccc1COc1ccc(OC)cc1. The quantitative estimate of drug-likeness (QED) is 0.837. The van der Waals surface area contributed by atoms with E-state index in [-0.39, 0.29) is 0 Å². The zero-order chi connectivity index (χ0) is 14.2. The molecule has 0 radical (unpaired) electrons. The zero-order valence-corrected chi connectivity index (χ0v) is 12.1. The van der Waals surface area contributed by atoms with E-state index in [1.807, 2.05) is 30.3 Å². The molecule has 0 bridgehead atoms. The Kier molecular flexibility index (Phi) is 5.44. The number of benzene rings is 2. The van der Waals surface area contributed by atoms with Crippen molar-refractivity contribution in [2.45, 2.75) is 20.1 Å². The van der Waals surface area contributed by atoms with Crippen molar-refractivity contribution < 1.29 is 9.47 Å². The lowest BCUT2D eigenvalue weighted by Gasteiger charge is -2.11. The highest BCUT2D eigenvalue weighted by Gasteiger charge is 2.02. The summed E-state index contributed by atoms with van der Waals surface area (Å²) < 4.78 is 11.0. The Morgan fingerprint density at radius 1 is 0.900 bits per heavy atom. The Balaban J connectivity index is 1.98. The number of methoxy groups -OCH3 is 1. The number of nitrogens with one attached hydrogen (secondary N) is 1. The first-order valence-electron chi connectivity index (χ1n) is 6.88. The van der Waals surface area contributed by atoms with Crippen LogP contribution in [0.1, 0.15) is 18.1 Å². The summed E-state index contributed by atoms with van der Waals surface area (Å²) in [5, 5.41) is 3.35. The Morgan fingerprint density at radius 3 is 2.20 bits per heavy atom. The van der Waals surface area contributed by atoms with Crippen LogP contribution in [0.15, 0.2) is 48.5 Å². The summed E-state index contributed by atoms with van der Waals surface area (Å²) >= 11 is 0. The van der Waals surface area contributed by atoms with Gasteiger partial charge in [-0.05, 0) is 41.9 Å². The van der Waals surface area contributed by atoms with E-state index in [4.69, 9.17) is 9.47 Å². The topological polar surface area (TPSA) is 30.5 Å². The van der Waals surface area contributed by atoms with Crippen molar-refractivity contribution in [1.29, 1.82) is 0 Å². The highest BCUT2D eigenvalue weighted by molar-refractivity contribution is 5.32. The zero-order valence-electron chi connectivity index (χ0n) is 12.1. The summed E-state index contributed by atoms with van der Waals surface area (Å²) in [5.41, 5.74) is 2.49. The smallest absolute Gasteiger partial charge is 0.120 e. The molecule has 2 rings (SSSR count). The number of hydrogen-bond acceptors (Lipinski definition) is 3. The maximum Gasteiger partial charge on any atom is 0.120 e. The fourth-order valence-corrected chi connectivity index (χ4v) is 1.96. The van der Waals surface area contributed by atoms with Gasteiger partial charge < -0.3 is 14.8 Å². The lowest BCUT2D eigenvalue weighted by molar-refractivity contribution is 0.304. The molecule has 0 saturated carbocycles. The standard InChI is InChI=1S/C17H21NO2/c1-3-18-12-14-6-4-5-7-15(14)13-20-17-10-8-16(19-2)9-11-17/h4-11,18H,3,12-13H2,1-2H3. The molecule has 2 aromatic rings. The van der Waals surface area contributed by atoms with Gasteiger partial charge in [0.1, 0.15) is 18.1 Å². The third-order valence-electron chi connectivity index (χ3n) is 3.14. The number of hydrogen-bond donors (Lipinski definition) is 1. The second-order valence-corrected chi connectivity index (χ2v) is 4.51. The Bertz CT molecular complexity index is 523. The Labute approximate surface area is 120 Å². The lowest BCUT2D eigenvalue weighted by atomic mass is 10.1. The molecule has 0 saturated heterocycles. The molecule has 0 fully saturated rings. The van der Waals surface area contributed by atoms with Crippen LogP contribution < -0.4 is 14.8 Å². The molecule has 3 heteroatoms. The number of rotatable bonds is 7. The molecule has 0 atom stereocenters. The van der Waals surface area contributed by atoms with Crippen LogP contribution in [0, 0.1) is 0 Å². The van der Waals surface area contributed by atoms with E-state index in [0.717, 1.165) is 24.6 Å². The van der Waals surface area contributed by atoms with Gasteiger partial charge in [-0.15, -0.1) is 0 Å². The van der Waals surface area contributed by atoms with Crippen molar-refractivity contribution in [3.8, 4) is 11.5 Å². The van der Waals surface area contributed by atoms with Crippen LogP contribution in [0.4, 0.5) is 0 Å². The molecule has 2 aromatic carbocycles. The molecule has 106 valence electrons. The minimum absolute atomic E-state index is 0.577. The van der Waals surface area contributed by atoms with Crippen molar-refractivity contribution in [3.63, 3.8) is 0 Å². The van der Waals surface area contributed by atoms with E-state index in [9.17, 15) is 0 Å². The lowest BCUT2D eigenvalue weighted by Crippen LogP contribution is -2.13. The molecule has 20 heavy (non-hydrogen) atoms. The summed E-state index contributed by atoms with van der Waals surface area (Å²) in [6.45, 7) is 4.52. The van der Waals surface area contributed by atoms with Gasteiger partial charge in [0, 0.05) is 6.54 Å². The molecule has 0 spiro atoms. The minimum Gasteiger partial charge on any atom is -0.497 e. The van der Waals surface area contributed by atoms with Gasteiger partial charge in [0.25, 0.3) is 0 Å². The fourth-order valence-electron chi connectivity index (χ4n) is 1.96. The van der Waals surface area contributed by atoms with Gasteiger partial charge in [-0.3, -0.25) is 0 Å². The van der Waals surface area contributed by atoms with Crippen LogP contribution in [0.3, 0.4) is 0 Å². The first-order chi connectivity index (χ1) is 9.83. The van der Waals surface area contributed by atoms with Crippen molar-refractivity contribution in [1.82, 2.24) is 5.32 Å². The van der Waals surface area contributed by atoms with E-state index in [0.29, 0.717) is 6.61 Å². The van der Waals surface area contributed by atoms with Crippen LogP contribution in [0.5, 0.6) is 11.5 Å². The van der Waals surface area contributed by atoms with Crippen LogP contribution in [-0.2, 0) is 13.2 Å². The molecule has 1 N–H and O–H groups in total. The maximum atomic E-state index is 5.83. The van der Waals surface area contributed by atoms with Gasteiger partial charge in [0.2, 0.25) is 0 Å². The van der Waals surface area contributed by atoms with Gasteiger partial charge in [0.15, 0.2) is 0 Å². The molecule has 0 aromatic heterocycles. The highest BCUT2D eigenvalue weighted by Crippen LogP contribution is 2.19. The van der Waals surface area contributed by atoms with E-state index in [1.54, 1.807) is 7.11 Å². The molecule has 0 amide bonds. The first-order valence-corrected chi connectivity index (χ1v) is 6.88. The Morgan fingerprint density at radius 2 is 1.55 bits per heavy atom. The molecular weight excluding hydrogens is 250 g/mol. The van der Waals surface area contributed by atoms with Crippen molar-refractivity contribution in [2.24, 2.45) is 0 Å². The first kappa shape index (κ1) is 14.4. The summed E-state index contributed by atoms with van der Waals surface area (Å²) in [4.78, 5) is 0. The highest BCUT2D eigenvalue weighted by atomic mass is 16.5. The fraction of sp³-hybridized carbons (Fsp3) is 0.294. The van der Waals surface area contributed by atoms with Crippen molar-refractivity contribution in [2.75, 3.05) is 13.7 Å². The molecule has 0 unspecified atom stereocenters. The summed E-state index contributed by atoms with van der Waals surface area (Å²) in [7, 11) is 1.66. The van der Waals surface area contributed by atoms with Crippen LogP contribution in [0.2, 0.25) is 0 Å². The normalized spacial score (nSPS) is 10.3. The minimum atomic E-state index is 0.577. The van der Waals surface area contributed by atoms with E-state index in [1.165, 1.54) is 11.1 Å². The van der Waals surface area contributed by atoms with Gasteiger partial charge in [-0.1, -0.05) is 31.2 Å². The predicted octanol–water partition coefficient (Wildman–Crippen LogP) is 3.38. The molecule has 0 heterocycles. The number of ether oxygens (including phenoxy) is 2. The van der Waals surface area contributed by atoms with Crippen molar-refractivity contribution >= 4 is 0 Å². The Hall–Kier alpha value is -2.00. The summed E-state index contributed by atoms with van der Waals surface area (Å²) in [6, 6.07) is 16.0.